The van der Waals surface area contributed by atoms with Gasteiger partial charge in [-0.1, -0.05) is 86.1 Å². The first kappa shape index (κ1) is 33.5. The van der Waals surface area contributed by atoms with E-state index in [1.165, 1.54) is 23.1 Å². The fraction of sp³-hybridized carbons (Fsp3) is 0.714. The Morgan fingerprint density at radius 2 is 1.67 bits per heavy atom. The van der Waals surface area contributed by atoms with E-state index in [1.807, 2.05) is 40.7 Å². The summed E-state index contributed by atoms with van der Waals surface area (Å²) >= 11 is 0. The summed E-state index contributed by atoms with van der Waals surface area (Å²) in [4.78, 5) is 0. The number of hydrogen-bond acceptors (Lipinski definition) is 0. The average Bonchev–Trinajstić information content (AvgIpc) is 2.78. The van der Waals surface area contributed by atoms with Crippen molar-refractivity contribution in [3.63, 3.8) is 0 Å². The van der Waals surface area contributed by atoms with Crippen molar-refractivity contribution >= 4 is 0 Å². The predicted molar refractivity (Wildman–Crippen MR) is 135 cm³/mol. The van der Waals surface area contributed by atoms with Gasteiger partial charge in [0, 0.05) is 0 Å². The van der Waals surface area contributed by atoms with E-state index >= 15 is 0 Å². The molecule has 1 aromatic rings. The number of benzene rings is 1. The molecule has 0 aliphatic carbocycles. The zero-order valence-corrected chi connectivity index (χ0v) is 21.9. The molecule has 0 amide bonds. The lowest BCUT2D eigenvalue weighted by Crippen LogP contribution is -2.21. The van der Waals surface area contributed by atoms with Gasteiger partial charge < -0.3 is 0 Å². The van der Waals surface area contributed by atoms with Crippen LogP contribution in [0.15, 0.2) is 30.9 Å². The summed E-state index contributed by atoms with van der Waals surface area (Å²) in [5, 5.41) is 0. The molecule has 0 bridgehead atoms. The van der Waals surface area contributed by atoms with E-state index in [0.29, 0.717) is 25.9 Å². The Morgan fingerprint density at radius 1 is 1.10 bits per heavy atom. The molecule has 1 rings (SSSR count). The first-order valence-corrected chi connectivity index (χ1v) is 12.1. The van der Waals surface area contributed by atoms with Crippen molar-refractivity contribution in [2.75, 3.05) is 7.18 Å². The van der Waals surface area contributed by atoms with E-state index in [4.69, 9.17) is 0 Å². The minimum Gasteiger partial charge on any atom is -0.255 e. The van der Waals surface area contributed by atoms with Crippen molar-refractivity contribution in [2.24, 2.45) is 5.41 Å². The van der Waals surface area contributed by atoms with Crippen LogP contribution in [-0.2, 0) is 6.42 Å². The third kappa shape index (κ3) is 13.9. The van der Waals surface area contributed by atoms with Crippen LogP contribution < -0.4 is 0 Å². The average molecular weight is 427 g/mol. The van der Waals surface area contributed by atoms with Crippen LogP contribution in [0.3, 0.4) is 0 Å². The van der Waals surface area contributed by atoms with Crippen LogP contribution in [-0.4, -0.2) is 13.3 Å². The van der Waals surface area contributed by atoms with E-state index in [1.54, 1.807) is 0 Å². The van der Waals surface area contributed by atoms with Crippen LogP contribution in [0.4, 0.5) is 8.78 Å². The molecule has 178 valence electrons. The molecule has 0 spiro atoms. The molecular weight excluding hydrogens is 374 g/mol. The van der Waals surface area contributed by atoms with E-state index in [-0.39, 0.29) is 5.41 Å². The standard InChI is InChI=1S/C23H37F.2C2H6.CH3F/c1-7-10-20-11-12-21(16-19(20)5)18(4)13-15-23(6,14-8-2)17-22(24)9-3;3*1-2/h8,11-12,16,18,22H,2,7,9-10,13-15,17H2,1,3-6H3;2*1-2H3;1H3. The van der Waals surface area contributed by atoms with Gasteiger partial charge in [-0.05, 0) is 73.5 Å². The zero-order chi connectivity index (χ0) is 24.2. The first-order valence-electron chi connectivity index (χ1n) is 12.1. The number of aryl methyl sites for hydroxylation is 2. The molecule has 1 aromatic carbocycles. The minimum atomic E-state index is -0.694. The molecule has 30 heavy (non-hydrogen) atoms. The van der Waals surface area contributed by atoms with E-state index in [2.05, 4.69) is 52.5 Å². The van der Waals surface area contributed by atoms with Crippen LogP contribution in [0.1, 0.15) is 117 Å². The summed E-state index contributed by atoms with van der Waals surface area (Å²) in [6.07, 6.45) is 7.93. The molecule has 0 saturated carbocycles. The van der Waals surface area contributed by atoms with Crippen LogP contribution >= 0.6 is 0 Å². The third-order valence-electron chi connectivity index (χ3n) is 5.43. The summed E-state index contributed by atoms with van der Waals surface area (Å²) in [5.41, 5.74) is 4.32. The van der Waals surface area contributed by atoms with Gasteiger partial charge in [0.05, 0.1) is 7.18 Å². The van der Waals surface area contributed by atoms with Gasteiger partial charge >= 0.3 is 0 Å². The highest BCUT2D eigenvalue weighted by molar-refractivity contribution is 5.32. The van der Waals surface area contributed by atoms with Crippen molar-refractivity contribution in [2.45, 2.75) is 119 Å². The lowest BCUT2D eigenvalue weighted by atomic mass is 9.75. The molecular formula is C28H52F2. The lowest BCUT2D eigenvalue weighted by Gasteiger charge is -2.31. The number of rotatable bonds is 11. The Bertz CT molecular complexity index is 509. The van der Waals surface area contributed by atoms with Gasteiger partial charge in [0.1, 0.15) is 6.17 Å². The smallest absolute Gasteiger partial charge is 0.100 e. The van der Waals surface area contributed by atoms with Crippen LogP contribution in [0.25, 0.3) is 0 Å². The second kappa shape index (κ2) is 21.1. The zero-order valence-electron chi connectivity index (χ0n) is 21.9. The van der Waals surface area contributed by atoms with Gasteiger partial charge in [-0.3, -0.25) is 4.39 Å². The normalized spacial score (nSPS) is 13.7. The largest absolute Gasteiger partial charge is 0.255 e. The van der Waals surface area contributed by atoms with Gasteiger partial charge in [0.25, 0.3) is 0 Å². The van der Waals surface area contributed by atoms with Crippen LogP contribution in [0, 0.1) is 12.3 Å². The molecule has 3 unspecified atom stereocenters. The SMILES string of the molecule is C=CCC(C)(CCC(C)c1ccc(CCC)c(C)c1)CC(F)CC.CC.CC.CF. The molecule has 0 fully saturated rings. The molecule has 0 nitrogen and oxygen atoms in total. The summed E-state index contributed by atoms with van der Waals surface area (Å²) in [5.74, 6) is 0.517. The van der Waals surface area contributed by atoms with E-state index in [9.17, 15) is 8.78 Å². The molecule has 3 atom stereocenters. The fourth-order valence-electron chi connectivity index (χ4n) is 3.62. The Morgan fingerprint density at radius 3 is 2.10 bits per heavy atom. The second-order valence-corrected chi connectivity index (χ2v) is 7.89. The summed E-state index contributed by atoms with van der Waals surface area (Å²) in [6, 6.07) is 6.93. The Labute approximate surface area is 188 Å². The Hall–Kier alpha value is -1.18. The van der Waals surface area contributed by atoms with Crippen LogP contribution in [0.2, 0.25) is 0 Å². The minimum absolute atomic E-state index is 0.0304. The van der Waals surface area contributed by atoms with Crippen molar-refractivity contribution in [3.05, 3.63) is 47.5 Å². The van der Waals surface area contributed by atoms with Gasteiger partial charge in [0.15, 0.2) is 0 Å². The Kier molecular flexibility index (Phi) is 23.5. The number of hydrogen-bond donors (Lipinski definition) is 0. The third-order valence-corrected chi connectivity index (χ3v) is 5.43. The molecule has 0 N–H and O–H groups in total. The monoisotopic (exact) mass is 426 g/mol. The molecule has 0 aliphatic heterocycles. The molecule has 0 saturated heterocycles. The highest BCUT2D eigenvalue weighted by Crippen LogP contribution is 2.38. The first-order chi connectivity index (χ1) is 14.3. The maximum atomic E-state index is 13.9. The van der Waals surface area contributed by atoms with Crippen molar-refractivity contribution in [1.29, 1.82) is 0 Å². The summed E-state index contributed by atoms with van der Waals surface area (Å²) < 4.78 is 23.4. The predicted octanol–water partition coefficient (Wildman–Crippen LogP) is 10.2. The van der Waals surface area contributed by atoms with Crippen molar-refractivity contribution < 1.29 is 8.78 Å². The lowest BCUT2D eigenvalue weighted by molar-refractivity contribution is 0.172. The summed E-state index contributed by atoms with van der Waals surface area (Å²) in [6.45, 7) is 22.8. The van der Waals surface area contributed by atoms with Gasteiger partial charge in [-0.25, -0.2) is 4.39 Å². The maximum absolute atomic E-state index is 13.9. The number of allylic oxidation sites excluding steroid dienone is 1. The Balaban J connectivity index is -0.00000111. The molecule has 0 radical (unpaired) electrons. The highest BCUT2D eigenvalue weighted by atomic mass is 19.1. The van der Waals surface area contributed by atoms with E-state index in [0.717, 1.165) is 25.7 Å². The molecule has 0 aliphatic rings. The molecule has 0 heterocycles. The molecule has 2 heteroatoms. The maximum Gasteiger partial charge on any atom is 0.100 e. The summed E-state index contributed by atoms with van der Waals surface area (Å²) in [7, 11) is 0.500. The molecule has 0 aromatic heterocycles. The van der Waals surface area contributed by atoms with Crippen molar-refractivity contribution in [1.82, 2.24) is 0 Å². The quantitative estimate of drug-likeness (QED) is 0.309. The number of halogens is 2. The fourth-order valence-corrected chi connectivity index (χ4v) is 3.62. The van der Waals surface area contributed by atoms with Crippen LogP contribution in [0.5, 0.6) is 0 Å². The number of alkyl halides is 2. The highest BCUT2D eigenvalue weighted by Gasteiger charge is 2.27. The van der Waals surface area contributed by atoms with Crippen molar-refractivity contribution in [3.8, 4) is 0 Å². The van der Waals surface area contributed by atoms with Gasteiger partial charge in [-0.15, -0.1) is 6.58 Å². The van der Waals surface area contributed by atoms with E-state index < -0.39 is 6.17 Å². The van der Waals surface area contributed by atoms with Gasteiger partial charge in [-0.2, -0.15) is 0 Å². The second-order valence-electron chi connectivity index (χ2n) is 7.89. The topological polar surface area (TPSA) is 0 Å². The van der Waals surface area contributed by atoms with Gasteiger partial charge in [0.2, 0.25) is 0 Å².